The van der Waals surface area contributed by atoms with E-state index in [1.54, 1.807) is 17.4 Å². The monoisotopic (exact) mass is 379 g/mol. The summed E-state index contributed by atoms with van der Waals surface area (Å²) >= 11 is 11.4. The first-order chi connectivity index (χ1) is 10.1. The van der Waals surface area contributed by atoms with E-state index in [1.807, 2.05) is 19.1 Å². The van der Waals surface area contributed by atoms with E-state index in [9.17, 15) is 5.26 Å². The number of nitriles is 1. The van der Waals surface area contributed by atoms with Gasteiger partial charge in [-0.05, 0) is 41.1 Å². The van der Waals surface area contributed by atoms with Crippen LogP contribution < -0.4 is 0 Å². The van der Waals surface area contributed by atoms with Crippen molar-refractivity contribution in [3.63, 3.8) is 0 Å². The zero-order valence-corrected chi connectivity index (χ0v) is 14.3. The second-order valence-electron chi connectivity index (χ2n) is 4.69. The Morgan fingerprint density at radius 2 is 2.33 bits per heavy atom. The van der Waals surface area contributed by atoms with Crippen molar-refractivity contribution < 1.29 is 0 Å². The molecule has 0 fully saturated rings. The maximum atomic E-state index is 9.23. The van der Waals surface area contributed by atoms with Gasteiger partial charge < -0.3 is 4.57 Å². The van der Waals surface area contributed by atoms with Gasteiger partial charge in [0.25, 0.3) is 0 Å². The number of alkyl halides is 1. The average molecular weight is 381 g/mol. The Kier molecular flexibility index (Phi) is 4.03. The van der Waals surface area contributed by atoms with E-state index in [-0.39, 0.29) is 5.38 Å². The third-order valence-electron chi connectivity index (χ3n) is 3.22. The van der Waals surface area contributed by atoms with Gasteiger partial charge in [-0.25, -0.2) is 4.98 Å². The van der Waals surface area contributed by atoms with E-state index in [0.717, 1.165) is 21.3 Å². The SMILES string of the molecule is CC(Cl)c1nc2c(C#N)cccc2n1Cc1cc(Br)cs1. The molecule has 21 heavy (non-hydrogen) atoms. The van der Waals surface area contributed by atoms with Gasteiger partial charge in [-0.1, -0.05) is 6.07 Å². The molecule has 6 heteroatoms. The zero-order valence-electron chi connectivity index (χ0n) is 11.2. The van der Waals surface area contributed by atoms with Crippen LogP contribution in [0.2, 0.25) is 0 Å². The average Bonchev–Trinajstić information content (AvgIpc) is 3.03. The number of imidazole rings is 1. The molecule has 2 heterocycles. The normalized spacial score (nSPS) is 12.5. The van der Waals surface area contributed by atoms with E-state index in [1.165, 1.54) is 4.88 Å². The number of halogens is 2. The standard InChI is InChI=1S/C15H11BrClN3S/c1-9(17)15-19-14-10(6-18)3-2-4-13(14)20(15)7-12-5-11(16)8-21-12/h2-5,8-9H,7H2,1H3. The number of hydrogen-bond acceptors (Lipinski definition) is 3. The Bertz CT molecular complexity index is 844. The second kappa shape index (κ2) is 5.80. The summed E-state index contributed by atoms with van der Waals surface area (Å²) in [5, 5.41) is 11.1. The molecular weight excluding hydrogens is 370 g/mol. The van der Waals surface area contributed by atoms with Gasteiger partial charge in [-0.3, -0.25) is 0 Å². The first kappa shape index (κ1) is 14.6. The van der Waals surface area contributed by atoms with Crippen LogP contribution in [0.25, 0.3) is 11.0 Å². The molecule has 2 aromatic heterocycles. The highest BCUT2D eigenvalue weighted by molar-refractivity contribution is 9.10. The highest BCUT2D eigenvalue weighted by atomic mass is 79.9. The van der Waals surface area contributed by atoms with Crippen molar-refractivity contribution in [1.29, 1.82) is 5.26 Å². The Balaban J connectivity index is 2.19. The molecular formula is C15H11BrClN3S. The largest absolute Gasteiger partial charge is 0.321 e. The molecule has 1 unspecified atom stereocenters. The lowest BCUT2D eigenvalue weighted by Gasteiger charge is -2.09. The Hall–Kier alpha value is -1.35. The summed E-state index contributed by atoms with van der Waals surface area (Å²) in [6, 6.07) is 9.93. The fraction of sp³-hybridized carbons (Fsp3) is 0.200. The summed E-state index contributed by atoms with van der Waals surface area (Å²) in [6.45, 7) is 2.60. The number of aromatic nitrogens is 2. The molecule has 0 aliphatic carbocycles. The van der Waals surface area contributed by atoms with Crippen LogP contribution in [0, 0.1) is 11.3 Å². The van der Waals surface area contributed by atoms with Gasteiger partial charge in [0.2, 0.25) is 0 Å². The molecule has 0 spiro atoms. The van der Waals surface area contributed by atoms with Gasteiger partial charge >= 0.3 is 0 Å². The fourth-order valence-corrected chi connectivity index (χ4v) is 3.92. The number of para-hydroxylation sites is 1. The Morgan fingerprint density at radius 3 is 2.95 bits per heavy atom. The maximum absolute atomic E-state index is 9.23. The van der Waals surface area contributed by atoms with Crippen molar-refractivity contribution in [3.8, 4) is 6.07 Å². The van der Waals surface area contributed by atoms with Crippen molar-refractivity contribution in [2.75, 3.05) is 0 Å². The molecule has 3 nitrogen and oxygen atoms in total. The third-order valence-corrected chi connectivity index (χ3v) is 5.10. The Morgan fingerprint density at radius 1 is 1.52 bits per heavy atom. The molecule has 3 aromatic rings. The van der Waals surface area contributed by atoms with E-state index >= 15 is 0 Å². The molecule has 0 bridgehead atoms. The van der Waals surface area contributed by atoms with Crippen LogP contribution in [0.15, 0.2) is 34.1 Å². The Labute approximate surface area is 139 Å². The van der Waals surface area contributed by atoms with Crippen LogP contribution in [0.1, 0.15) is 28.6 Å². The van der Waals surface area contributed by atoms with Crippen LogP contribution in [0.4, 0.5) is 0 Å². The van der Waals surface area contributed by atoms with Crippen molar-refractivity contribution in [2.24, 2.45) is 0 Å². The van der Waals surface area contributed by atoms with E-state index in [2.05, 4.69) is 43.0 Å². The number of nitrogens with zero attached hydrogens (tertiary/aromatic N) is 3. The van der Waals surface area contributed by atoms with Gasteiger partial charge in [0.15, 0.2) is 0 Å². The molecule has 0 amide bonds. The molecule has 0 aliphatic heterocycles. The lowest BCUT2D eigenvalue weighted by atomic mass is 10.2. The minimum atomic E-state index is -0.215. The summed E-state index contributed by atoms with van der Waals surface area (Å²) < 4.78 is 3.16. The summed E-state index contributed by atoms with van der Waals surface area (Å²) in [7, 11) is 0. The number of hydrogen-bond donors (Lipinski definition) is 0. The van der Waals surface area contributed by atoms with Crippen LogP contribution >= 0.6 is 38.9 Å². The maximum Gasteiger partial charge on any atom is 0.128 e. The number of benzene rings is 1. The highest BCUT2D eigenvalue weighted by Gasteiger charge is 2.17. The van der Waals surface area contributed by atoms with Crippen LogP contribution in [0.3, 0.4) is 0 Å². The molecule has 0 aliphatic rings. The molecule has 3 rings (SSSR count). The van der Waals surface area contributed by atoms with E-state index in [4.69, 9.17) is 11.6 Å². The molecule has 0 saturated heterocycles. The molecule has 0 saturated carbocycles. The van der Waals surface area contributed by atoms with Crippen molar-refractivity contribution in [2.45, 2.75) is 18.8 Å². The predicted molar refractivity (Wildman–Crippen MR) is 89.8 cm³/mol. The minimum Gasteiger partial charge on any atom is -0.321 e. The molecule has 1 aromatic carbocycles. The van der Waals surface area contributed by atoms with Gasteiger partial charge in [-0.15, -0.1) is 22.9 Å². The topological polar surface area (TPSA) is 41.6 Å². The van der Waals surface area contributed by atoms with Crippen LogP contribution in [-0.2, 0) is 6.54 Å². The summed E-state index contributed by atoms with van der Waals surface area (Å²) in [5.74, 6) is 0.791. The molecule has 0 N–H and O–H groups in total. The van der Waals surface area contributed by atoms with Gasteiger partial charge in [0.1, 0.15) is 17.4 Å². The lowest BCUT2D eigenvalue weighted by molar-refractivity contribution is 0.750. The van der Waals surface area contributed by atoms with Gasteiger partial charge in [0, 0.05) is 14.7 Å². The second-order valence-corrected chi connectivity index (χ2v) is 7.25. The van der Waals surface area contributed by atoms with Crippen LogP contribution in [0.5, 0.6) is 0 Å². The fourth-order valence-electron chi connectivity index (χ4n) is 2.32. The van der Waals surface area contributed by atoms with Crippen LogP contribution in [-0.4, -0.2) is 9.55 Å². The van der Waals surface area contributed by atoms with E-state index in [0.29, 0.717) is 12.1 Å². The lowest BCUT2D eigenvalue weighted by Crippen LogP contribution is -2.04. The van der Waals surface area contributed by atoms with Crippen molar-refractivity contribution >= 4 is 49.9 Å². The number of rotatable bonds is 3. The first-order valence-electron chi connectivity index (χ1n) is 6.36. The minimum absolute atomic E-state index is 0.215. The van der Waals surface area contributed by atoms with Crippen molar-refractivity contribution in [3.05, 3.63) is 50.4 Å². The number of fused-ring (bicyclic) bond motifs is 1. The van der Waals surface area contributed by atoms with E-state index < -0.39 is 0 Å². The quantitative estimate of drug-likeness (QED) is 0.595. The summed E-state index contributed by atoms with van der Waals surface area (Å²) in [4.78, 5) is 5.80. The van der Waals surface area contributed by atoms with Gasteiger partial charge in [0.05, 0.1) is 23.0 Å². The zero-order chi connectivity index (χ0) is 15.0. The summed E-state index contributed by atoms with van der Waals surface area (Å²) in [6.07, 6.45) is 0. The summed E-state index contributed by atoms with van der Waals surface area (Å²) in [5.41, 5.74) is 2.25. The molecule has 106 valence electrons. The third kappa shape index (κ3) is 2.71. The predicted octanol–water partition coefficient (Wildman–Crippen LogP) is 5.08. The first-order valence-corrected chi connectivity index (χ1v) is 8.47. The molecule has 1 atom stereocenters. The number of thiophene rings is 1. The van der Waals surface area contributed by atoms with Crippen molar-refractivity contribution in [1.82, 2.24) is 9.55 Å². The molecule has 0 radical (unpaired) electrons. The smallest absolute Gasteiger partial charge is 0.128 e. The highest BCUT2D eigenvalue weighted by Crippen LogP contribution is 2.29. The van der Waals surface area contributed by atoms with Gasteiger partial charge in [-0.2, -0.15) is 5.26 Å².